The summed E-state index contributed by atoms with van der Waals surface area (Å²) >= 11 is 0. The normalized spacial score (nSPS) is 10.7. The van der Waals surface area contributed by atoms with Crippen LogP contribution in [0.3, 0.4) is 0 Å². The number of aryl methyl sites for hydroxylation is 2. The Morgan fingerprint density at radius 3 is 2.62 bits per heavy atom. The zero-order valence-electron chi connectivity index (χ0n) is 9.18. The first-order chi connectivity index (χ1) is 7.50. The molecule has 0 amide bonds. The van der Waals surface area contributed by atoms with E-state index in [0.29, 0.717) is 17.1 Å². The molecule has 2 aromatic rings. The van der Waals surface area contributed by atoms with E-state index in [2.05, 4.69) is 10.1 Å². The lowest BCUT2D eigenvalue weighted by atomic mass is 10.2. The summed E-state index contributed by atoms with van der Waals surface area (Å²) in [5, 5.41) is 12.9. The van der Waals surface area contributed by atoms with Crippen LogP contribution in [0.15, 0.2) is 10.6 Å². The summed E-state index contributed by atoms with van der Waals surface area (Å²) in [6, 6.07) is 0. The Balaban J connectivity index is 2.53. The van der Waals surface area contributed by atoms with Crippen LogP contribution in [0.2, 0.25) is 0 Å². The summed E-state index contributed by atoms with van der Waals surface area (Å²) in [5.74, 6) is -0.948. The predicted molar refractivity (Wildman–Crippen MR) is 55.1 cm³/mol. The maximum absolute atomic E-state index is 10.8. The van der Waals surface area contributed by atoms with Crippen molar-refractivity contribution < 1.29 is 14.3 Å². The number of carboxylic acids is 1. The molecule has 0 atom stereocenters. The van der Waals surface area contributed by atoms with Gasteiger partial charge in [0.2, 0.25) is 11.7 Å². The molecular formula is C10H11N3O3. The average molecular weight is 221 g/mol. The van der Waals surface area contributed by atoms with Crippen molar-refractivity contribution >= 4 is 5.97 Å². The van der Waals surface area contributed by atoms with E-state index in [1.807, 2.05) is 6.92 Å². The van der Waals surface area contributed by atoms with E-state index in [1.165, 1.54) is 0 Å². The van der Waals surface area contributed by atoms with E-state index in [4.69, 9.17) is 9.52 Å². The van der Waals surface area contributed by atoms with Gasteiger partial charge in [0, 0.05) is 12.7 Å². The van der Waals surface area contributed by atoms with Crippen molar-refractivity contribution in [2.45, 2.75) is 13.8 Å². The minimum Gasteiger partial charge on any atom is -0.475 e. The van der Waals surface area contributed by atoms with Gasteiger partial charge in [0.05, 0.1) is 17.5 Å². The van der Waals surface area contributed by atoms with Crippen LogP contribution in [-0.4, -0.2) is 25.8 Å². The summed E-state index contributed by atoms with van der Waals surface area (Å²) < 4.78 is 6.87. The molecule has 2 heterocycles. The van der Waals surface area contributed by atoms with Crippen molar-refractivity contribution in [1.82, 2.24) is 14.8 Å². The zero-order valence-corrected chi connectivity index (χ0v) is 9.18. The standard InChI is InChI=1S/C10H11N3O3/c1-5-8(10(14)15)16-9(12-5)7-4-11-13(3)6(7)2/h4H,1-3H3,(H,14,15). The Labute approximate surface area is 91.5 Å². The topological polar surface area (TPSA) is 81.2 Å². The van der Waals surface area contributed by atoms with E-state index < -0.39 is 5.97 Å². The highest BCUT2D eigenvalue weighted by atomic mass is 16.4. The van der Waals surface area contributed by atoms with Gasteiger partial charge in [-0.15, -0.1) is 0 Å². The maximum atomic E-state index is 10.8. The van der Waals surface area contributed by atoms with E-state index in [-0.39, 0.29) is 5.76 Å². The van der Waals surface area contributed by atoms with Crippen molar-refractivity contribution in [2.75, 3.05) is 0 Å². The molecule has 0 spiro atoms. The first kappa shape index (κ1) is 10.4. The molecule has 0 fully saturated rings. The first-order valence-electron chi connectivity index (χ1n) is 4.70. The summed E-state index contributed by atoms with van der Waals surface area (Å²) in [5.41, 5.74) is 1.95. The number of aromatic carboxylic acids is 1. The number of carboxylic acid groups (broad SMARTS) is 1. The van der Waals surface area contributed by atoms with Gasteiger partial charge in [-0.1, -0.05) is 0 Å². The van der Waals surface area contributed by atoms with Gasteiger partial charge in [0.1, 0.15) is 0 Å². The summed E-state index contributed by atoms with van der Waals surface area (Å²) in [6.45, 7) is 3.46. The van der Waals surface area contributed by atoms with Gasteiger partial charge in [-0.25, -0.2) is 9.78 Å². The van der Waals surface area contributed by atoms with Crippen LogP contribution in [-0.2, 0) is 7.05 Å². The minimum absolute atomic E-state index is 0.127. The number of rotatable bonds is 2. The molecule has 6 heteroatoms. The molecule has 0 bridgehead atoms. The minimum atomic E-state index is -1.11. The van der Waals surface area contributed by atoms with Gasteiger partial charge in [0.15, 0.2) is 0 Å². The van der Waals surface area contributed by atoms with Crippen molar-refractivity contribution in [1.29, 1.82) is 0 Å². The lowest BCUT2D eigenvalue weighted by Gasteiger charge is -1.94. The number of carbonyl (C=O) groups is 1. The SMILES string of the molecule is Cc1nc(-c2cnn(C)c2C)oc1C(=O)O. The Morgan fingerprint density at radius 1 is 1.50 bits per heavy atom. The van der Waals surface area contributed by atoms with Gasteiger partial charge in [-0.2, -0.15) is 5.10 Å². The molecule has 0 saturated carbocycles. The monoisotopic (exact) mass is 221 g/mol. The van der Waals surface area contributed by atoms with Gasteiger partial charge in [0.25, 0.3) is 0 Å². The first-order valence-corrected chi connectivity index (χ1v) is 4.70. The molecule has 0 saturated heterocycles. The zero-order chi connectivity index (χ0) is 11.9. The smallest absolute Gasteiger partial charge is 0.373 e. The molecule has 0 unspecified atom stereocenters. The molecular weight excluding hydrogens is 210 g/mol. The number of oxazole rings is 1. The second kappa shape index (κ2) is 3.48. The van der Waals surface area contributed by atoms with Crippen LogP contribution in [0.5, 0.6) is 0 Å². The molecule has 16 heavy (non-hydrogen) atoms. The fourth-order valence-electron chi connectivity index (χ4n) is 1.42. The fraction of sp³-hybridized carbons (Fsp3) is 0.300. The molecule has 1 N–H and O–H groups in total. The highest BCUT2D eigenvalue weighted by Crippen LogP contribution is 2.24. The Bertz CT molecular complexity index is 554. The Hall–Kier alpha value is -2.11. The number of aromatic nitrogens is 3. The number of hydrogen-bond acceptors (Lipinski definition) is 4. The highest BCUT2D eigenvalue weighted by molar-refractivity contribution is 5.86. The van der Waals surface area contributed by atoms with Crippen LogP contribution >= 0.6 is 0 Å². The van der Waals surface area contributed by atoms with Crippen molar-refractivity contribution in [2.24, 2.45) is 7.05 Å². The van der Waals surface area contributed by atoms with Crippen molar-refractivity contribution in [3.63, 3.8) is 0 Å². The molecule has 6 nitrogen and oxygen atoms in total. The summed E-state index contributed by atoms with van der Waals surface area (Å²) in [6.07, 6.45) is 1.60. The quantitative estimate of drug-likeness (QED) is 0.828. The predicted octanol–water partition coefficient (Wildman–Crippen LogP) is 1.39. The van der Waals surface area contributed by atoms with E-state index >= 15 is 0 Å². The summed E-state index contributed by atoms with van der Waals surface area (Å²) in [4.78, 5) is 14.9. The van der Waals surface area contributed by atoms with Crippen LogP contribution in [0.4, 0.5) is 0 Å². The molecule has 2 aromatic heterocycles. The largest absolute Gasteiger partial charge is 0.475 e. The molecule has 0 aliphatic rings. The van der Waals surface area contributed by atoms with Crippen LogP contribution < -0.4 is 0 Å². The van der Waals surface area contributed by atoms with Crippen LogP contribution in [0.1, 0.15) is 21.9 Å². The van der Waals surface area contributed by atoms with Gasteiger partial charge in [-0.05, 0) is 13.8 Å². The van der Waals surface area contributed by atoms with Gasteiger partial charge < -0.3 is 9.52 Å². The molecule has 0 aliphatic heterocycles. The van der Waals surface area contributed by atoms with E-state index in [9.17, 15) is 4.79 Å². The van der Waals surface area contributed by atoms with E-state index in [0.717, 1.165) is 5.69 Å². The lowest BCUT2D eigenvalue weighted by molar-refractivity contribution is 0.0662. The number of nitrogens with zero attached hydrogens (tertiary/aromatic N) is 3. The second-order valence-corrected chi connectivity index (χ2v) is 3.51. The fourth-order valence-corrected chi connectivity index (χ4v) is 1.42. The maximum Gasteiger partial charge on any atom is 0.373 e. The van der Waals surface area contributed by atoms with Gasteiger partial charge in [-0.3, -0.25) is 4.68 Å². The van der Waals surface area contributed by atoms with Crippen molar-refractivity contribution in [3.05, 3.63) is 23.3 Å². The third-order valence-corrected chi connectivity index (χ3v) is 2.46. The molecule has 0 aromatic carbocycles. The van der Waals surface area contributed by atoms with Crippen LogP contribution in [0.25, 0.3) is 11.5 Å². The second-order valence-electron chi connectivity index (χ2n) is 3.51. The number of hydrogen-bond donors (Lipinski definition) is 1. The van der Waals surface area contributed by atoms with Gasteiger partial charge >= 0.3 is 5.97 Å². The summed E-state index contributed by atoms with van der Waals surface area (Å²) in [7, 11) is 1.80. The van der Waals surface area contributed by atoms with Crippen molar-refractivity contribution in [3.8, 4) is 11.5 Å². The Kier molecular flexibility index (Phi) is 2.26. The molecule has 0 aliphatic carbocycles. The highest BCUT2D eigenvalue weighted by Gasteiger charge is 2.19. The third-order valence-electron chi connectivity index (χ3n) is 2.46. The van der Waals surface area contributed by atoms with Crippen LogP contribution in [0, 0.1) is 13.8 Å². The average Bonchev–Trinajstić information content (AvgIpc) is 2.73. The third kappa shape index (κ3) is 1.48. The molecule has 0 radical (unpaired) electrons. The Morgan fingerprint density at radius 2 is 2.19 bits per heavy atom. The molecule has 84 valence electrons. The van der Waals surface area contributed by atoms with E-state index in [1.54, 1.807) is 24.9 Å². The lowest BCUT2D eigenvalue weighted by Crippen LogP contribution is -1.95. The molecule has 2 rings (SSSR count).